The third-order valence-electron chi connectivity index (χ3n) is 5.82. The molecular formula is C26H26N4O. The predicted octanol–water partition coefficient (Wildman–Crippen LogP) is 4.63. The quantitative estimate of drug-likeness (QED) is 0.480. The van der Waals surface area contributed by atoms with Crippen molar-refractivity contribution in [2.45, 2.75) is 6.61 Å². The molecule has 0 unspecified atom stereocenters. The van der Waals surface area contributed by atoms with Crippen LogP contribution in [-0.4, -0.2) is 48.1 Å². The molecule has 0 amide bonds. The fourth-order valence-electron chi connectivity index (χ4n) is 4.03. The van der Waals surface area contributed by atoms with Crippen LogP contribution in [0, 0.1) is 0 Å². The number of benzene rings is 3. The highest BCUT2D eigenvalue weighted by Gasteiger charge is 2.16. The Morgan fingerprint density at radius 1 is 0.871 bits per heavy atom. The molecule has 156 valence electrons. The van der Waals surface area contributed by atoms with Crippen LogP contribution in [0.1, 0.15) is 5.69 Å². The van der Waals surface area contributed by atoms with Gasteiger partial charge in [-0.1, -0.05) is 48.5 Å². The van der Waals surface area contributed by atoms with Gasteiger partial charge in [-0.2, -0.15) is 0 Å². The van der Waals surface area contributed by atoms with E-state index in [1.54, 1.807) is 12.4 Å². The summed E-state index contributed by atoms with van der Waals surface area (Å²) in [5, 5.41) is 2.46. The van der Waals surface area contributed by atoms with Crippen molar-refractivity contribution >= 4 is 16.5 Å². The molecule has 0 aliphatic carbocycles. The summed E-state index contributed by atoms with van der Waals surface area (Å²) < 4.78 is 6.12. The lowest BCUT2D eigenvalue weighted by molar-refractivity contribution is 0.301. The smallest absolute Gasteiger partial charge is 0.132 e. The maximum atomic E-state index is 6.12. The van der Waals surface area contributed by atoms with Crippen molar-refractivity contribution in [3.63, 3.8) is 0 Å². The topological polar surface area (TPSA) is 41.5 Å². The number of rotatable bonds is 5. The molecule has 1 aliphatic heterocycles. The lowest BCUT2D eigenvalue weighted by atomic mass is 10.1. The van der Waals surface area contributed by atoms with Gasteiger partial charge in [0.1, 0.15) is 12.4 Å². The Kier molecular flexibility index (Phi) is 5.50. The molecule has 5 rings (SSSR count). The van der Waals surface area contributed by atoms with Crippen molar-refractivity contribution in [2.24, 2.45) is 0 Å². The van der Waals surface area contributed by atoms with Crippen molar-refractivity contribution in [3.05, 3.63) is 84.8 Å². The molecule has 2 heterocycles. The van der Waals surface area contributed by atoms with Crippen LogP contribution >= 0.6 is 0 Å². The minimum Gasteiger partial charge on any atom is -0.487 e. The molecule has 4 aromatic rings. The summed E-state index contributed by atoms with van der Waals surface area (Å²) in [5.74, 6) is 0.848. The molecule has 0 spiro atoms. The summed E-state index contributed by atoms with van der Waals surface area (Å²) in [5.41, 5.74) is 4.01. The van der Waals surface area contributed by atoms with Crippen molar-refractivity contribution in [2.75, 3.05) is 38.1 Å². The molecule has 1 saturated heterocycles. The van der Waals surface area contributed by atoms with E-state index >= 15 is 0 Å². The van der Waals surface area contributed by atoms with Crippen LogP contribution in [-0.2, 0) is 6.61 Å². The fourth-order valence-corrected chi connectivity index (χ4v) is 4.03. The van der Waals surface area contributed by atoms with Crippen molar-refractivity contribution in [1.82, 2.24) is 14.9 Å². The maximum Gasteiger partial charge on any atom is 0.132 e. The van der Waals surface area contributed by atoms with E-state index in [2.05, 4.69) is 52.2 Å². The van der Waals surface area contributed by atoms with E-state index in [0.717, 1.165) is 48.9 Å². The standard InChI is InChI=1S/C26H26N4O/c1-29-12-14-30(15-13-29)26-9-5-8-20-10-11-23(16-24(20)26)31-19-22-17-27-18-25(28-22)21-6-3-2-4-7-21/h2-11,16-18H,12-15,19H2,1H3. The first kappa shape index (κ1) is 19.5. The summed E-state index contributed by atoms with van der Waals surface area (Å²) in [6, 6.07) is 22.9. The second kappa shape index (κ2) is 8.74. The average molecular weight is 411 g/mol. The first-order valence-corrected chi connectivity index (χ1v) is 10.7. The molecule has 5 nitrogen and oxygen atoms in total. The van der Waals surface area contributed by atoms with Gasteiger partial charge in [-0.3, -0.25) is 4.98 Å². The van der Waals surface area contributed by atoms with E-state index in [0.29, 0.717) is 6.61 Å². The highest BCUT2D eigenvalue weighted by Crippen LogP contribution is 2.31. The molecule has 0 radical (unpaired) electrons. The van der Waals surface area contributed by atoms with Gasteiger partial charge in [0.25, 0.3) is 0 Å². The van der Waals surface area contributed by atoms with Gasteiger partial charge in [-0.05, 0) is 30.6 Å². The molecule has 31 heavy (non-hydrogen) atoms. The van der Waals surface area contributed by atoms with Gasteiger partial charge in [0, 0.05) is 42.8 Å². The third kappa shape index (κ3) is 4.37. The second-order valence-corrected chi connectivity index (χ2v) is 8.00. The van der Waals surface area contributed by atoms with Gasteiger partial charge in [0.2, 0.25) is 0 Å². The second-order valence-electron chi connectivity index (χ2n) is 8.00. The number of hydrogen-bond donors (Lipinski definition) is 0. The molecule has 0 N–H and O–H groups in total. The Bertz CT molecular complexity index is 1170. The SMILES string of the molecule is CN1CCN(c2cccc3ccc(OCc4cncc(-c5ccccc5)n4)cc23)CC1. The Labute approximate surface area is 182 Å². The summed E-state index contributed by atoms with van der Waals surface area (Å²) in [4.78, 5) is 13.9. The van der Waals surface area contributed by atoms with Crippen LogP contribution in [0.15, 0.2) is 79.1 Å². The minimum absolute atomic E-state index is 0.385. The molecule has 1 aromatic heterocycles. The van der Waals surface area contributed by atoms with Gasteiger partial charge in [-0.25, -0.2) is 4.98 Å². The van der Waals surface area contributed by atoms with E-state index in [-0.39, 0.29) is 0 Å². The van der Waals surface area contributed by atoms with E-state index in [1.807, 2.05) is 36.4 Å². The van der Waals surface area contributed by atoms with Gasteiger partial charge < -0.3 is 14.5 Å². The van der Waals surface area contributed by atoms with E-state index in [1.165, 1.54) is 16.5 Å². The summed E-state index contributed by atoms with van der Waals surface area (Å²) in [7, 11) is 2.18. The highest BCUT2D eigenvalue weighted by atomic mass is 16.5. The zero-order valence-electron chi connectivity index (χ0n) is 17.7. The Morgan fingerprint density at radius 3 is 2.55 bits per heavy atom. The molecule has 1 fully saturated rings. The molecule has 0 atom stereocenters. The predicted molar refractivity (Wildman–Crippen MR) is 125 cm³/mol. The Balaban J connectivity index is 1.36. The normalized spacial score (nSPS) is 14.7. The van der Waals surface area contributed by atoms with Crippen LogP contribution < -0.4 is 9.64 Å². The number of hydrogen-bond acceptors (Lipinski definition) is 5. The zero-order valence-corrected chi connectivity index (χ0v) is 17.7. The maximum absolute atomic E-state index is 6.12. The number of aromatic nitrogens is 2. The molecule has 3 aromatic carbocycles. The van der Waals surface area contributed by atoms with E-state index < -0.39 is 0 Å². The summed E-state index contributed by atoms with van der Waals surface area (Å²) >= 11 is 0. The molecule has 0 bridgehead atoms. The molecule has 5 heteroatoms. The minimum atomic E-state index is 0.385. The number of anilines is 1. The van der Waals surface area contributed by atoms with Gasteiger partial charge in [0.15, 0.2) is 0 Å². The largest absolute Gasteiger partial charge is 0.487 e. The van der Waals surface area contributed by atoms with E-state index in [9.17, 15) is 0 Å². The summed E-state index contributed by atoms with van der Waals surface area (Å²) in [6.45, 7) is 4.65. The number of ether oxygens (including phenoxy) is 1. The lowest BCUT2D eigenvalue weighted by Gasteiger charge is -2.34. The van der Waals surface area contributed by atoms with Crippen LogP contribution in [0.2, 0.25) is 0 Å². The zero-order chi connectivity index (χ0) is 21.0. The van der Waals surface area contributed by atoms with Crippen molar-refractivity contribution < 1.29 is 4.74 Å². The number of fused-ring (bicyclic) bond motifs is 1. The van der Waals surface area contributed by atoms with Gasteiger partial charge in [-0.15, -0.1) is 0 Å². The van der Waals surface area contributed by atoms with E-state index in [4.69, 9.17) is 9.72 Å². The molecule has 0 saturated carbocycles. The first-order chi connectivity index (χ1) is 15.3. The van der Waals surface area contributed by atoms with Crippen LogP contribution in [0.25, 0.3) is 22.0 Å². The van der Waals surface area contributed by atoms with Crippen molar-refractivity contribution in [1.29, 1.82) is 0 Å². The van der Waals surface area contributed by atoms with Gasteiger partial charge >= 0.3 is 0 Å². The molecule has 1 aliphatic rings. The average Bonchev–Trinajstić information content (AvgIpc) is 2.83. The van der Waals surface area contributed by atoms with Crippen LogP contribution in [0.3, 0.4) is 0 Å². The molecular weight excluding hydrogens is 384 g/mol. The lowest BCUT2D eigenvalue weighted by Crippen LogP contribution is -2.44. The monoisotopic (exact) mass is 410 g/mol. The fraction of sp³-hybridized carbons (Fsp3) is 0.231. The van der Waals surface area contributed by atoms with Crippen LogP contribution in [0.4, 0.5) is 5.69 Å². The highest BCUT2D eigenvalue weighted by molar-refractivity contribution is 5.95. The number of nitrogens with zero attached hydrogens (tertiary/aromatic N) is 4. The number of likely N-dealkylation sites (N-methyl/N-ethyl adjacent to an activating group) is 1. The van der Waals surface area contributed by atoms with Crippen molar-refractivity contribution in [3.8, 4) is 17.0 Å². The number of piperazine rings is 1. The van der Waals surface area contributed by atoms with Gasteiger partial charge in [0.05, 0.1) is 23.8 Å². The third-order valence-corrected chi connectivity index (χ3v) is 5.82. The van der Waals surface area contributed by atoms with Crippen LogP contribution in [0.5, 0.6) is 5.75 Å². The first-order valence-electron chi connectivity index (χ1n) is 10.7. The summed E-state index contributed by atoms with van der Waals surface area (Å²) in [6.07, 6.45) is 3.56. The Hall–Kier alpha value is -3.44. The Morgan fingerprint density at radius 2 is 1.71 bits per heavy atom.